The van der Waals surface area contributed by atoms with Gasteiger partial charge in [0.05, 0.1) is 0 Å². The number of hydrogen-bond donors (Lipinski definition) is 2. The van der Waals surface area contributed by atoms with Gasteiger partial charge in [-0.15, -0.1) is 0 Å². The fourth-order valence-corrected chi connectivity index (χ4v) is 1.86. The van der Waals surface area contributed by atoms with E-state index in [1.807, 2.05) is 0 Å². The first-order valence-corrected chi connectivity index (χ1v) is 7.97. The lowest BCUT2D eigenvalue weighted by Crippen LogP contribution is -2.19. The number of carboxylic acids is 1. The SMILES string of the molecule is CC(C)CCCCN[C@H](C)c1ccccc1.CCC(=O)O. The Morgan fingerprint density at radius 1 is 1.14 bits per heavy atom. The first-order chi connectivity index (χ1) is 9.97. The summed E-state index contributed by atoms with van der Waals surface area (Å²) >= 11 is 0. The predicted molar refractivity (Wildman–Crippen MR) is 89.5 cm³/mol. The molecule has 0 amide bonds. The van der Waals surface area contributed by atoms with Crippen LogP contribution in [-0.4, -0.2) is 17.6 Å². The molecule has 0 spiro atoms. The first kappa shape index (κ1) is 19.7. The van der Waals surface area contributed by atoms with E-state index in [9.17, 15) is 4.79 Å². The first-order valence-electron chi connectivity index (χ1n) is 7.97. The summed E-state index contributed by atoms with van der Waals surface area (Å²) in [7, 11) is 0. The molecular formula is C18H31NO2. The second-order valence-corrected chi connectivity index (χ2v) is 5.72. The summed E-state index contributed by atoms with van der Waals surface area (Å²) in [5, 5.41) is 11.3. The van der Waals surface area contributed by atoms with E-state index >= 15 is 0 Å². The molecule has 0 fully saturated rings. The minimum atomic E-state index is -0.745. The van der Waals surface area contributed by atoms with Gasteiger partial charge in [-0.05, 0) is 31.4 Å². The van der Waals surface area contributed by atoms with E-state index < -0.39 is 5.97 Å². The van der Waals surface area contributed by atoms with Gasteiger partial charge >= 0.3 is 5.97 Å². The molecule has 0 unspecified atom stereocenters. The maximum atomic E-state index is 9.37. The van der Waals surface area contributed by atoms with Crippen molar-refractivity contribution in [2.24, 2.45) is 5.92 Å². The Morgan fingerprint density at radius 3 is 2.19 bits per heavy atom. The Bertz CT molecular complexity index is 363. The maximum Gasteiger partial charge on any atom is 0.303 e. The third-order valence-electron chi connectivity index (χ3n) is 3.26. The summed E-state index contributed by atoms with van der Waals surface area (Å²) in [5.74, 6) is 0.0940. The molecule has 1 atom stereocenters. The molecule has 3 nitrogen and oxygen atoms in total. The van der Waals surface area contributed by atoms with Crippen molar-refractivity contribution in [3.8, 4) is 0 Å². The summed E-state index contributed by atoms with van der Waals surface area (Å²) in [5.41, 5.74) is 1.38. The third kappa shape index (κ3) is 12.1. The van der Waals surface area contributed by atoms with Crippen LogP contribution >= 0.6 is 0 Å². The monoisotopic (exact) mass is 293 g/mol. The average molecular weight is 293 g/mol. The van der Waals surface area contributed by atoms with Crippen molar-refractivity contribution in [3.05, 3.63) is 35.9 Å². The number of benzene rings is 1. The molecule has 0 heterocycles. The van der Waals surface area contributed by atoms with Gasteiger partial charge in [-0.2, -0.15) is 0 Å². The van der Waals surface area contributed by atoms with Gasteiger partial charge in [0, 0.05) is 12.5 Å². The van der Waals surface area contributed by atoms with Crippen molar-refractivity contribution in [1.29, 1.82) is 0 Å². The van der Waals surface area contributed by atoms with Crippen molar-refractivity contribution in [3.63, 3.8) is 0 Å². The molecular weight excluding hydrogens is 262 g/mol. The summed E-state index contributed by atoms with van der Waals surface area (Å²) in [6.45, 7) is 9.54. The Balaban J connectivity index is 0.000000690. The summed E-state index contributed by atoms with van der Waals surface area (Å²) in [6.07, 6.45) is 4.20. The maximum absolute atomic E-state index is 9.37. The molecule has 1 aromatic carbocycles. The molecule has 0 bridgehead atoms. The molecule has 0 aliphatic carbocycles. The molecule has 120 valence electrons. The van der Waals surface area contributed by atoms with Crippen LogP contribution in [0.2, 0.25) is 0 Å². The Hall–Kier alpha value is -1.35. The minimum Gasteiger partial charge on any atom is -0.481 e. The minimum absolute atomic E-state index is 0.222. The summed E-state index contributed by atoms with van der Waals surface area (Å²) in [6, 6.07) is 11.1. The van der Waals surface area contributed by atoms with Crippen molar-refractivity contribution in [2.45, 2.75) is 59.4 Å². The van der Waals surface area contributed by atoms with Crippen LogP contribution in [0.1, 0.15) is 65.0 Å². The van der Waals surface area contributed by atoms with Crippen LogP contribution in [0, 0.1) is 5.92 Å². The van der Waals surface area contributed by atoms with Gasteiger partial charge in [0.1, 0.15) is 0 Å². The van der Waals surface area contributed by atoms with Gasteiger partial charge < -0.3 is 10.4 Å². The Morgan fingerprint density at radius 2 is 1.71 bits per heavy atom. The largest absolute Gasteiger partial charge is 0.481 e. The van der Waals surface area contributed by atoms with Crippen molar-refractivity contribution in [2.75, 3.05) is 6.54 Å². The number of unbranched alkanes of at least 4 members (excludes halogenated alkanes) is 1. The average Bonchev–Trinajstić information content (AvgIpc) is 2.48. The van der Waals surface area contributed by atoms with Crippen molar-refractivity contribution in [1.82, 2.24) is 5.32 Å². The topological polar surface area (TPSA) is 49.3 Å². The number of nitrogens with one attached hydrogen (secondary N) is 1. The highest BCUT2D eigenvalue weighted by molar-refractivity contribution is 5.66. The quantitative estimate of drug-likeness (QED) is 0.686. The number of rotatable bonds is 8. The van der Waals surface area contributed by atoms with Crippen LogP contribution in [0.5, 0.6) is 0 Å². The lowest BCUT2D eigenvalue weighted by molar-refractivity contribution is -0.136. The molecule has 1 rings (SSSR count). The third-order valence-corrected chi connectivity index (χ3v) is 3.26. The number of aliphatic carboxylic acids is 1. The highest BCUT2D eigenvalue weighted by Crippen LogP contribution is 2.11. The molecule has 0 saturated heterocycles. The predicted octanol–water partition coefficient (Wildman–Crippen LogP) is 4.64. The fraction of sp³-hybridized carbons (Fsp3) is 0.611. The molecule has 3 heteroatoms. The van der Waals surface area contributed by atoms with Gasteiger partial charge in [0.2, 0.25) is 0 Å². The standard InChI is InChI=1S/C15H25N.C3H6O2/c1-13(2)9-7-8-12-16-14(3)15-10-5-4-6-11-15;1-2-3(4)5/h4-6,10-11,13-14,16H,7-9,12H2,1-3H3;2H2,1H3,(H,4,5)/t14-;/m1./s1. The zero-order valence-corrected chi connectivity index (χ0v) is 13.9. The molecule has 0 aliphatic rings. The van der Waals surface area contributed by atoms with Gasteiger partial charge in [-0.3, -0.25) is 4.79 Å². The zero-order valence-electron chi connectivity index (χ0n) is 13.9. The lowest BCUT2D eigenvalue weighted by atomic mass is 10.1. The fourth-order valence-electron chi connectivity index (χ4n) is 1.86. The summed E-state index contributed by atoms with van der Waals surface area (Å²) in [4.78, 5) is 9.37. The van der Waals surface area contributed by atoms with E-state index in [0.717, 1.165) is 12.5 Å². The highest BCUT2D eigenvalue weighted by Gasteiger charge is 2.02. The van der Waals surface area contributed by atoms with Crippen LogP contribution in [-0.2, 0) is 4.79 Å². The van der Waals surface area contributed by atoms with E-state index in [1.165, 1.54) is 24.8 Å². The van der Waals surface area contributed by atoms with E-state index in [0.29, 0.717) is 6.04 Å². The Labute approximate surface area is 129 Å². The molecule has 21 heavy (non-hydrogen) atoms. The number of carboxylic acid groups (broad SMARTS) is 1. The van der Waals surface area contributed by atoms with Crippen LogP contribution in [0.15, 0.2) is 30.3 Å². The van der Waals surface area contributed by atoms with Crippen LogP contribution in [0.3, 0.4) is 0 Å². The van der Waals surface area contributed by atoms with Gasteiger partial charge in [0.15, 0.2) is 0 Å². The zero-order chi connectivity index (χ0) is 16.1. The molecule has 2 N–H and O–H groups in total. The van der Waals surface area contributed by atoms with E-state index in [4.69, 9.17) is 5.11 Å². The van der Waals surface area contributed by atoms with Crippen molar-refractivity contribution >= 4 is 5.97 Å². The van der Waals surface area contributed by atoms with Gasteiger partial charge in [0.25, 0.3) is 0 Å². The smallest absolute Gasteiger partial charge is 0.303 e. The van der Waals surface area contributed by atoms with E-state index in [-0.39, 0.29) is 6.42 Å². The normalized spacial score (nSPS) is 11.7. The Kier molecular flexibility index (Phi) is 11.6. The molecule has 0 radical (unpaired) electrons. The van der Waals surface area contributed by atoms with Crippen LogP contribution < -0.4 is 5.32 Å². The van der Waals surface area contributed by atoms with Crippen LogP contribution in [0.4, 0.5) is 0 Å². The molecule has 0 saturated carbocycles. The van der Waals surface area contributed by atoms with Crippen LogP contribution in [0.25, 0.3) is 0 Å². The van der Waals surface area contributed by atoms with Gasteiger partial charge in [-0.1, -0.05) is 63.9 Å². The van der Waals surface area contributed by atoms with E-state index in [1.54, 1.807) is 6.92 Å². The molecule has 1 aromatic rings. The number of carbonyl (C=O) groups is 1. The van der Waals surface area contributed by atoms with Gasteiger partial charge in [-0.25, -0.2) is 0 Å². The summed E-state index contributed by atoms with van der Waals surface area (Å²) < 4.78 is 0. The highest BCUT2D eigenvalue weighted by atomic mass is 16.4. The lowest BCUT2D eigenvalue weighted by Gasteiger charge is -2.14. The van der Waals surface area contributed by atoms with E-state index in [2.05, 4.69) is 56.4 Å². The second-order valence-electron chi connectivity index (χ2n) is 5.72. The number of hydrogen-bond acceptors (Lipinski definition) is 2. The van der Waals surface area contributed by atoms with Crippen molar-refractivity contribution < 1.29 is 9.90 Å². The molecule has 0 aromatic heterocycles. The second kappa shape index (κ2) is 12.4. The molecule has 0 aliphatic heterocycles.